The Morgan fingerprint density at radius 1 is 1.00 bits per heavy atom. The van der Waals surface area contributed by atoms with Gasteiger partial charge in [-0.2, -0.15) is 0 Å². The summed E-state index contributed by atoms with van der Waals surface area (Å²) >= 11 is 0. The molecule has 1 aromatic rings. The van der Waals surface area contributed by atoms with Gasteiger partial charge in [-0.25, -0.2) is 8.78 Å². The van der Waals surface area contributed by atoms with Gasteiger partial charge < -0.3 is 0 Å². The summed E-state index contributed by atoms with van der Waals surface area (Å²) in [5, 5.41) is 0. The molecule has 0 radical (unpaired) electrons. The monoisotopic (exact) mass is 258 g/mol. The largest absolute Gasteiger partial charge is 0.271 e. The first-order valence-electron chi connectivity index (χ1n) is 6.52. The minimum Gasteiger partial charge on any atom is -0.271 e. The minimum absolute atomic E-state index is 0.503. The zero-order valence-corrected chi connectivity index (χ0v) is 11.3. The van der Waals surface area contributed by atoms with Crippen LogP contribution in [0, 0.1) is 11.6 Å². The Bertz CT molecular complexity index is 290. The zero-order chi connectivity index (χ0) is 13.8. The second-order valence-corrected chi connectivity index (χ2v) is 4.15. The summed E-state index contributed by atoms with van der Waals surface area (Å²) in [6.07, 6.45) is 5.81. The summed E-state index contributed by atoms with van der Waals surface area (Å²) in [4.78, 5) is 0. The topological polar surface area (TPSA) is 38.0 Å². The molecule has 0 atom stereocenters. The Labute approximate surface area is 109 Å². The molecule has 0 saturated carbocycles. The first-order chi connectivity index (χ1) is 8.63. The third kappa shape index (κ3) is 9.07. The van der Waals surface area contributed by atoms with Crippen LogP contribution in [0.5, 0.6) is 0 Å². The van der Waals surface area contributed by atoms with Crippen molar-refractivity contribution in [3.8, 4) is 0 Å². The number of rotatable bonds is 6. The van der Waals surface area contributed by atoms with E-state index < -0.39 is 11.6 Å². The highest BCUT2D eigenvalue weighted by Crippen LogP contribution is 2.07. The van der Waals surface area contributed by atoms with E-state index in [1.54, 1.807) is 0 Å². The van der Waals surface area contributed by atoms with Crippen LogP contribution in [0.25, 0.3) is 0 Å². The lowest BCUT2D eigenvalue weighted by molar-refractivity contribution is 0.580. The van der Waals surface area contributed by atoms with Gasteiger partial charge in [-0.05, 0) is 30.5 Å². The van der Waals surface area contributed by atoms with Gasteiger partial charge in [0.15, 0.2) is 0 Å². The van der Waals surface area contributed by atoms with Crippen LogP contribution >= 0.6 is 0 Å². The van der Waals surface area contributed by atoms with E-state index in [0.29, 0.717) is 12.0 Å². The molecule has 2 nitrogen and oxygen atoms in total. The Morgan fingerprint density at radius 3 is 2.06 bits per heavy atom. The number of unbranched alkanes of at least 4 members (excludes halogenated alkanes) is 3. The fourth-order valence-electron chi connectivity index (χ4n) is 1.47. The van der Waals surface area contributed by atoms with E-state index in [1.807, 2.05) is 6.92 Å². The van der Waals surface area contributed by atoms with Gasteiger partial charge in [0, 0.05) is 12.6 Å². The summed E-state index contributed by atoms with van der Waals surface area (Å²) in [6.45, 7) is 5.02. The zero-order valence-electron chi connectivity index (χ0n) is 11.3. The molecular weight excluding hydrogens is 234 g/mol. The first-order valence-corrected chi connectivity index (χ1v) is 6.52. The van der Waals surface area contributed by atoms with Crippen molar-refractivity contribution in [3.63, 3.8) is 0 Å². The van der Waals surface area contributed by atoms with E-state index in [4.69, 9.17) is 5.84 Å². The van der Waals surface area contributed by atoms with Gasteiger partial charge in [0.2, 0.25) is 0 Å². The highest BCUT2D eigenvalue weighted by molar-refractivity contribution is 5.17. The molecule has 18 heavy (non-hydrogen) atoms. The Hall–Kier alpha value is -1.00. The van der Waals surface area contributed by atoms with E-state index in [9.17, 15) is 8.78 Å². The summed E-state index contributed by atoms with van der Waals surface area (Å²) in [7, 11) is 0. The molecule has 0 fully saturated rings. The third-order valence-electron chi connectivity index (χ3n) is 2.51. The van der Waals surface area contributed by atoms with Crippen LogP contribution in [0.1, 0.15) is 45.1 Å². The number of hydrogen-bond acceptors (Lipinski definition) is 2. The standard InChI is InChI=1S/C8H8F2.C6H16N2/c1-2-6-3-7(9)5-8(10)4-6;1-2-3-4-5-6-8-7/h3-5H,2H2,1H3;8H,2-7H2,1H3. The molecule has 0 bridgehead atoms. The summed E-state index contributed by atoms with van der Waals surface area (Å²) < 4.78 is 24.8. The van der Waals surface area contributed by atoms with Gasteiger partial charge in [-0.1, -0.05) is 33.1 Å². The fourth-order valence-corrected chi connectivity index (χ4v) is 1.47. The molecule has 0 spiro atoms. The maximum atomic E-state index is 12.4. The van der Waals surface area contributed by atoms with Crippen molar-refractivity contribution < 1.29 is 8.78 Å². The highest BCUT2D eigenvalue weighted by Gasteiger charge is 1.96. The SMILES string of the molecule is CCCCCCNN.CCc1cc(F)cc(F)c1. The molecule has 0 aliphatic rings. The Kier molecular flexibility index (Phi) is 10.5. The Morgan fingerprint density at radius 2 is 1.61 bits per heavy atom. The molecule has 3 N–H and O–H groups in total. The van der Waals surface area contributed by atoms with E-state index >= 15 is 0 Å². The molecule has 1 rings (SSSR count). The van der Waals surface area contributed by atoms with Crippen molar-refractivity contribution in [2.45, 2.75) is 46.0 Å². The van der Waals surface area contributed by atoms with Crippen LogP contribution in [0.2, 0.25) is 0 Å². The van der Waals surface area contributed by atoms with Crippen molar-refractivity contribution in [1.29, 1.82) is 0 Å². The lowest BCUT2D eigenvalue weighted by Crippen LogP contribution is -2.22. The number of aryl methyl sites for hydroxylation is 1. The smallest absolute Gasteiger partial charge is 0.126 e. The van der Waals surface area contributed by atoms with E-state index in [2.05, 4.69) is 12.3 Å². The van der Waals surface area contributed by atoms with Gasteiger partial charge in [-0.3, -0.25) is 11.3 Å². The van der Waals surface area contributed by atoms with Crippen LogP contribution in [0.3, 0.4) is 0 Å². The molecule has 4 heteroatoms. The summed E-state index contributed by atoms with van der Waals surface area (Å²) in [5.41, 5.74) is 3.32. The molecular formula is C14H24F2N2. The van der Waals surface area contributed by atoms with Crippen molar-refractivity contribution >= 4 is 0 Å². The number of nitrogens with two attached hydrogens (primary N) is 1. The third-order valence-corrected chi connectivity index (χ3v) is 2.51. The molecule has 104 valence electrons. The van der Waals surface area contributed by atoms with Crippen LogP contribution < -0.4 is 11.3 Å². The number of benzene rings is 1. The predicted octanol–water partition coefficient (Wildman–Crippen LogP) is 3.56. The summed E-state index contributed by atoms with van der Waals surface area (Å²) in [5.74, 6) is 4.05. The van der Waals surface area contributed by atoms with Gasteiger partial charge >= 0.3 is 0 Å². The second-order valence-electron chi connectivity index (χ2n) is 4.15. The molecule has 0 aliphatic heterocycles. The maximum Gasteiger partial charge on any atom is 0.126 e. The number of halogens is 2. The van der Waals surface area contributed by atoms with Crippen molar-refractivity contribution in [2.24, 2.45) is 5.84 Å². The molecule has 0 aromatic heterocycles. The van der Waals surface area contributed by atoms with Crippen molar-refractivity contribution in [3.05, 3.63) is 35.4 Å². The molecule has 1 aromatic carbocycles. The normalized spacial score (nSPS) is 9.83. The maximum absolute atomic E-state index is 12.4. The predicted molar refractivity (Wildman–Crippen MR) is 72.1 cm³/mol. The fraction of sp³-hybridized carbons (Fsp3) is 0.571. The summed E-state index contributed by atoms with van der Waals surface area (Å²) in [6, 6.07) is 3.55. The van der Waals surface area contributed by atoms with Gasteiger partial charge in [-0.15, -0.1) is 0 Å². The minimum atomic E-state index is -0.503. The second kappa shape index (κ2) is 11.1. The number of hydrogen-bond donors (Lipinski definition) is 2. The van der Waals surface area contributed by atoms with Crippen LogP contribution in [-0.4, -0.2) is 6.54 Å². The first kappa shape index (κ1) is 17.0. The molecule has 0 aliphatic carbocycles. The van der Waals surface area contributed by atoms with Crippen LogP contribution in [0.15, 0.2) is 18.2 Å². The van der Waals surface area contributed by atoms with E-state index in [-0.39, 0.29) is 0 Å². The molecule has 0 amide bonds. The van der Waals surface area contributed by atoms with Crippen LogP contribution in [-0.2, 0) is 6.42 Å². The number of nitrogens with one attached hydrogen (secondary N) is 1. The molecule has 0 saturated heterocycles. The van der Waals surface area contributed by atoms with Crippen molar-refractivity contribution in [2.75, 3.05) is 6.54 Å². The lowest BCUT2D eigenvalue weighted by Gasteiger charge is -1.95. The quantitative estimate of drug-likeness (QED) is 0.465. The molecule has 0 unspecified atom stereocenters. The average Bonchev–Trinajstić information content (AvgIpc) is 2.34. The Balaban J connectivity index is 0.000000331. The van der Waals surface area contributed by atoms with E-state index in [1.165, 1.54) is 37.8 Å². The average molecular weight is 258 g/mol. The van der Waals surface area contributed by atoms with Gasteiger partial charge in [0.05, 0.1) is 0 Å². The van der Waals surface area contributed by atoms with Crippen LogP contribution in [0.4, 0.5) is 8.78 Å². The number of hydrazine groups is 1. The van der Waals surface area contributed by atoms with Crippen molar-refractivity contribution in [1.82, 2.24) is 5.43 Å². The molecule has 0 heterocycles. The van der Waals surface area contributed by atoms with Gasteiger partial charge in [0.1, 0.15) is 11.6 Å². The van der Waals surface area contributed by atoms with E-state index in [0.717, 1.165) is 12.6 Å². The lowest BCUT2D eigenvalue weighted by atomic mass is 10.2. The van der Waals surface area contributed by atoms with Gasteiger partial charge in [0.25, 0.3) is 0 Å². The highest BCUT2D eigenvalue weighted by atomic mass is 19.1.